The molecule has 0 saturated heterocycles. The summed E-state index contributed by atoms with van der Waals surface area (Å²) in [6.07, 6.45) is 76.0. The van der Waals surface area contributed by atoms with E-state index in [1.54, 1.807) is 6.08 Å². The molecule has 0 radical (unpaired) electrons. The van der Waals surface area contributed by atoms with Gasteiger partial charge >= 0.3 is 0 Å². The molecule has 2 atom stereocenters. The first-order valence-electron chi connectivity index (χ1n) is 29.2. The maximum Gasteiger partial charge on any atom is 0.220 e. The summed E-state index contributed by atoms with van der Waals surface area (Å²) in [7, 11) is 0. The van der Waals surface area contributed by atoms with Crippen LogP contribution in [-0.2, 0) is 4.79 Å². The Morgan fingerprint density at radius 2 is 0.641 bits per heavy atom. The molecule has 64 heavy (non-hydrogen) atoms. The second-order valence-electron chi connectivity index (χ2n) is 20.1. The van der Waals surface area contributed by atoms with Gasteiger partial charge < -0.3 is 15.5 Å². The molecule has 0 aliphatic carbocycles. The van der Waals surface area contributed by atoms with Crippen molar-refractivity contribution in [2.24, 2.45) is 0 Å². The number of hydrogen-bond acceptors (Lipinski definition) is 3. The molecule has 0 saturated carbocycles. The summed E-state index contributed by atoms with van der Waals surface area (Å²) in [6, 6.07) is -0.623. The van der Waals surface area contributed by atoms with Crippen LogP contribution in [0.5, 0.6) is 0 Å². The van der Waals surface area contributed by atoms with Crippen LogP contribution in [0.25, 0.3) is 0 Å². The number of nitrogens with one attached hydrogen (secondary N) is 1. The fourth-order valence-electron chi connectivity index (χ4n) is 9.15. The summed E-state index contributed by atoms with van der Waals surface area (Å²) < 4.78 is 0. The zero-order valence-electron chi connectivity index (χ0n) is 43.6. The number of carbonyl (C=O) groups is 1. The van der Waals surface area contributed by atoms with Gasteiger partial charge in [0.05, 0.1) is 18.8 Å². The highest BCUT2D eigenvalue weighted by atomic mass is 16.3. The zero-order valence-corrected chi connectivity index (χ0v) is 43.6. The number of unbranched alkanes of at least 4 members (excludes halogenated alkanes) is 43. The first-order chi connectivity index (χ1) is 31.7. The van der Waals surface area contributed by atoms with Gasteiger partial charge in [-0.15, -0.1) is 0 Å². The van der Waals surface area contributed by atoms with E-state index in [4.69, 9.17) is 0 Å². The lowest BCUT2D eigenvalue weighted by Crippen LogP contribution is -2.45. The number of carbonyl (C=O) groups excluding carboxylic acids is 1. The van der Waals surface area contributed by atoms with Crippen molar-refractivity contribution in [3.63, 3.8) is 0 Å². The molecule has 0 aromatic carbocycles. The van der Waals surface area contributed by atoms with Gasteiger partial charge in [-0.3, -0.25) is 4.79 Å². The van der Waals surface area contributed by atoms with Gasteiger partial charge in [-0.2, -0.15) is 0 Å². The second-order valence-corrected chi connectivity index (χ2v) is 20.1. The average Bonchev–Trinajstić information content (AvgIpc) is 3.30. The normalized spacial score (nSPS) is 13.0. The number of rotatable bonds is 54. The van der Waals surface area contributed by atoms with Crippen molar-refractivity contribution in [3.8, 4) is 0 Å². The van der Waals surface area contributed by atoms with Crippen LogP contribution < -0.4 is 5.32 Å². The van der Waals surface area contributed by atoms with Gasteiger partial charge in [-0.1, -0.05) is 301 Å². The Morgan fingerprint density at radius 3 is 0.938 bits per heavy atom. The molecule has 0 heterocycles. The summed E-state index contributed by atoms with van der Waals surface area (Å²) in [5.74, 6) is -0.0604. The molecular formula is C60H115NO3. The van der Waals surface area contributed by atoms with E-state index in [0.29, 0.717) is 6.42 Å². The second kappa shape index (κ2) is 55.9. The van der Waals surface area contributed by atoms with Crippen LogP contribution >= 0.6 is 0 Å². The Bertz CT molecular complexity index is 974. The molecule has 0 spiro atoms. The zero-order chi connectivity index (χ0) is 46.3. The highest BCUT2D eigenvalue weighted by Gasteiger charge is 2.18. The minimum Gasteiger partial charge on any atom is -0.394 e. The van der Waals surface area contributed by atoms with Crippen LogP contribution in [0, 0.1) is 0 Å². The van der Waals surface area contributed by atoms with Gasteiger partial charge in [-0.25, -0.2) is 0 Å². The highest BCUT2D eigenvalue weighted by molar-refractivity contribution is 5.76. The summed E-state index contributed by atoms with van der Waals surface area (Å²) in [5.41, 5.74) is 0. The highest BCUT2D eigenvalue weighted by Crippen LogP contribution is 2.17. The molecule has 0 bridgehead atoms. The average molecular weight is 899 g/mol. The Morgan fingerprint density at radius 1 is 0.375 bits per heavy atom. The number of aliphatic hydroxyl groups is 2. The number of allylic oxidation sites excluding steroid dienone is 5. The van der Waals surface area contributed by atoms with Crippen LogP contribution in [0.1, 0.15) is 322 Å². The van der Waals surface area contributed by atoms with E-state index in [1.807, 2.05) is 6.08 Å². The van der Waals surface area contributed by atoms with E-state index in [9.17, 15) is 15.0 Å². The van der Waals surface area contributed by atoms with Gasteiger partial charge in [0.2, 0.25) is 5.91 Å². The molecule has 4 heteroatoms. The van der Waals surface area contributed by atoms with Crippen LogP contribution in [0.2, 0.25) is 0 Å². The molecular weight excluding hydrogens is 783 g/mol. The quantitative estimate of drug-likeness (QED) is 0.0421. The minimum atomic E-state index is -0.840. The van der Waals surface area contributed by atoms with Crippen molar-refractivity contribution in [3.05, 3.63) is 36.5 Å². The molecule has 2 unspecified atom stereocenters. The number of amides is 1. The first-order valence-corrected chi connectivity index (χ1v) is 29.2. The van der Waals surface area contributed by atoms with Crippen molar-refractivity contribution in [1.29, 1.82) is 0 Å². The number of aliphatic hydroxyl groups excluding tert-OH is 2. The fraction of sp³-hybridized carbons (Fsp3) is 0.883. The molecule has 3 N–H and O–H groups in total. The smallest absolute Gasteiger partial charge is 0.220 e. The third kappa shape index (κ3) is 51.6. The molecule has 0 aliphatic rings. The summed E-state index contributed by atoms with van der Waals surface area (Å²) in [6.45, 7) is 4.34. The van der Waals surface area contributed by atoms with Crippen LogP contribution in [0.4, 0.5) is 0 Å². The SMILES string of the molecule is CCCCCCCCCCC/C=C\C/C=C\CCCCCCCCCCCCCCCC(=O)NC(CO)C(O)/C=C/CCCCCCCCCCCCCCCCCCCCCCC. The van der Waals surface area contributed by atoms with Gasteiger partial charge in [0.25, 0.3) is 0 Å². The van der Waals surface area contributed by atoms with Crippen LogP contribution in [-0.4, -0.2) is 34.9 Å². The van der Waals surface area contributed by atoms with E-state index >= 15 is 0 Å². The summed E-state index contributed by atoms with van der Waals surface area (Å²) >= 11 is 0. The third-order valence-corrected chi connectivity index (χ3v) is 13.6. The van der Waals surface area contributed by atoms with Crippen LogP contribution in [0.15, 0.2) is 36.5 Å². The van der Waals surface area contributed by atoms with Crippen LogP contribution in [0.3, 0.4) is 0 Å². The van der Waals surface area contributed by atoms with Gasteiger partial charge in [-0.05, 0) is 51.4 Å². The fourth-order valence-corrected chi connectivity index (χ4v) is 9.15. The molecule has 0 aromatic rings. The van der Waals surface area contributed by atoms with Crippen molar-refractivity contribution in [2.75, 3.05) is 6.61 Å². The Labute approximate surface area is 402 Å². The molecule has 0 aromatic heterocycles. The number of hydrogen-bond donors (Lipinski definition) is 3. The summed E-state index contributed by atoms with van der Waals surface area (Å²) in [4.78, 5) is 12.5. The first kappa shape index (κ1) is 62.6. The van der Waals surface area contributed by atoms with Gasteiger partial charge in [0, 0.05) is 6.42 Å². The lowest BCUT2D eigenvalue weighted by molar-refractivity contribution is -0.123. The molecule has 1 amide bonds. The molecule has 0 rings (SSSR count). The van der Waals surface area contributed by atoms with Crippen molar-refractivity contribution in [2.45, 2.75) is 334 Å². The van der Waals surface area contributed by atoms with E-state index in [-0.39, 0.29) is 12.5 Å². The Kier molecular flexibility index (Phi) is 54.7. The van der Waals surface area contributed by atoms with E-state index in [2.05, 4.69) is 43.5 Å². The largest absolute Gasteiger partial charge is 0.394 e. The van der Waals surface area contributed by atoms with E-state index in [1.165, 1.54) is 270 Å². The lowest BCUT2D eigenvalue weighted by atomic mass is 10.0. The van der Waals surface area contributed by atoms with Crippen molar-refractivity contribution in [1.82, 2.24) is 5.32 Å². The maximum atomic E-state index is 12.5. The van der Waals surface area contributed by atoms with Crippen molar-refractivity contribution >= 4 is 5.91 Å². The Balaban J connectivity index is 3.48. The molecule has 4 nitrogen and oxygen atoms in total. The minimum absolute atomic E-state index is 0.0604. The van der Waals surface area contributed by atoms with Gasteiger partial charge in [0.1, 0.15) is 0 Å². The third-order valence-electron chi connectivity index (χ3n) is 13.6. The monoisotopic (exact) mass is 898 g/mol. The molecule has 378 valence electrons. The van der Waals surface area contributed by atoms with Crippen molar-refractivity contribution < 1.29 is 15.0 Å². The molecule has 0 fully saturated rings. The van der Waals surface area contributed by atoms with E-state index in [0.717, 1.165) is 32.1 Å². The Hall–Kier alpha value is -1.39. The van der Waals surface area contributed by atoms with E-state index < -0.39 is 12.1 Å². The standard InChI is InChI=1S/C60H115NO3/c1-3-5-7-9-11-13-15-17-19-21-23-25-27-28-29-30-31-32-34-36-38-40-42-44-46-48-50-52-54-56-60(64)61-58(57-62)59(63)55-53-51-49-47-45-43-41-39-37-35-33-26-24-22-20-18-16-14-12-10-8-6-4-2/h23,25,28-29,53,55,58-59,62-63H,3-22,24,26-27,30-52,54,56-57H2,1-2H3,(H,61,64)/b25-23-,29-28-,55-53+. The summed E-state index contributed by atoms with van der Waals surface area (Å²) in [5, 5.41) is 23.2. The maximum absolute atomic E-state index is 12.5. The van der Waals surface area contributed by atoms with Gasteiger partial charge in [0.15, 0.2) is 0 Å². The predicted octanol–water partition coefficient (Wildman–Crippen LogP) is 19.3. The topological polar surface area (TPSA) is 69.6 Å². The predicted molar refractivity (Wildman–Crippen MR) is 285 cm³/mol. The molecule has 0 aliphatic heterocycles. The lowest BCUT2D eigenvalue weighted by Gasteiger charge is -2.20.